The van der Waals surface area contributed by atoms with Gasteiger partial charge in [0.2, 0.25) is 5.95 Å². The van der Waals surface area contributed by atoms with Crippen LogP contribution in [0, 0.1) is 5.95 Å². The van der Waals surface area contributed by atoms with Crippen LogP contribution in [0.25, 0.3) is 0 Å². The smallest absolute Gasteiger partial charge is 0.259 e. The minimum atomic E-state index is -0.651. The Kier molecular flexibility index (Phi) is 2.81. The second-order valence-corrected chi connectivity index (χ2v) is 2.93. The first kappa shape index (κ1) is 10.2. The Morgan fingerprint density at radius 1 is 1.25 bits per heavy atom. The highest BCUT2D eigenvalue weighted by atomic mass is 19.1. The van der Waals surface area contributed by atoms with E-state index in [2.05, 4.69) is 20.3 Å². The van der Waals surface area contributed by atoms with E-state index in [0.29, 0.717) is 0 Å². The van der Waals surface area contributed by atoms with Gasteiger partial charge in [0.1, 0.15) is 12.1 Å². The molecule has 0 spiro atoms. The molecule has 2 aromatic heterocycles. The molecule has 0 radical (unpaired) electrons. The molecule has 0 aliphatic carbocycles. The molecule has 0 unspecified atom stereocenters. The zero-order chi connectivity index (χ0) is 11.4. The van der Waals surface area contributed by atoms with E-state index in [4.69, 9.17) is 0 Å². The van der Waals surface area contributed by atoms with E-state index in [1.807, 2.05) is 0 Å². The van der Waals surface area contributed by atoms with Gasteiger partial charge in [-0.25, -0.2) is 15.0 Å². The minimum absolute atomic E-state index is 0.147. The number of anilines is 1. The molecular formula is C10H7FN4O. The highest BCUT2D eigenvalue weighted by Crippen LogP contribution is 2.05. The summed E-state index contributed by atoms with van der Waals surface area (Å²) in [5.74, 6) is -0.935. The summed E-state index contributed by atoms with van der Waals surface area (Å²) in [7, 11) is 0. The van der Waals surface area contributed by atoms with Crippen LogP contribution in [0.4, 0.5) is 10.2 Å². The maximum absolute atomic E-state index is 12.7. The topological polar surface area (TPSA) is 67.8 Å². The normalized spacial score (nSPS) is 9.81. The lowest BCUT2D eigenvalue weighted by molar-refractivity contribution is 0.102. The summed E-state index contributed by atoms with van der Waals surface area (Å²) in [6, 6.07) is 4.14. The molecule has 5 nitrogen and oxygen atoms in total. The van der Waals surface area contributed by atoms with Gasteiger partial charge in [0.15, 0.2) is 0 Å². The summed E-state index contributed by atoms with van der Waals surface area (Å²) in [4.78, 5) is 22.5. The van der Waals surface area contributed by atoms with Crippen molar-refractivity contribution in [1.29, 1.82) is 0 Å². The fourth-order valence-electron chi connectivity index (χ4n) is 1.08. The number of hydrogen-bond acceptors (Lipinski definition) is 4. The van der Waals surface area contributed by atoms with E-state index < -0.39 is 11.9 Å². The van der Waals surface area contributed by atoms with Gasteiger partial charge in [0, 0.05) is 12.4 Å². The number of carbonyl (C=O) groups is 1. The lowest BCUT2D eigenvalue weighted by atomic mass is 10.3. The summed E-state index contributed by atoms with van der Waals surface area (Å²) >= 11 is 0. The van der Waals surface area contributed by atoms with Gasteiger partial charge in [0.25, 0.3) is 5.91 Å². The third-order valence-corrected chi connectivity index (χ3v) is 1.78. The molecule has 0 saturated carbocycles. The number of nitrogens with zero attached hydrogens (tertiary/aromatic N) is 3. The Labute approximate surface area is 90.4 Å². The minimum Gasteiger partial charge on any atom is -0.306 e. The SMILES string of the molecule is O=C(Nc1cccc(F)n1)c1cncnc1. The molecule has 2 rings (SSSR count). The predicted molar refractivity (Wildman–Crippen MR) is 54.2 cm³/mol. The second-order valence-electron chi connectivity index (χ2n) is 2.93. The van der Waals surface area contributed by atoms with E-state index in [-0.39, 0.29) is 11.4 Å². The lowest BCUT2D eigenvalue weighted by Gasteiger charge is -2.02. The summed E-state index contributed by atoms with van der Waals surface area (Å²) in [6.07, 6.45) is 4.04. The number of hydrogen-bond donors (Lipinski definition) is 1. The predicted octanol–water partition coefficient (Wildman–Crippen LogP) is 1.26. The van der Waals surface area contributed by atoms with Gasteiger partial charge < -0.3 is 5.32 Å². The number of nitrogens with one attached hydrogen (secondary N) is 1. The first-order valence-corrected chi connectivity index (χ1v) is 4.44. The van der Waals surface area contributed by atoms with Crippen LogP contribution in [-0.2, 0) is 0 Å². The third-order valence-electron chi connectivity index (χ3n) is 1.78. The Bertz CT molecular complexity index is 503. The summed E-state index contributed by atoms with van der Waals surface area (Å²) in [5, 5.41) is 2.43. The van der Waals surface area contributed by atoms with Crippen LogP contribution in [0.2, 0.25) is 0 Å². The maximum atomic E-state index is 12.7. The van der Waals surface area contributed by atoms with Crippen LogP contribution >= 0.6 is 0 Å². The van der Waals surface area contributed by atoms with Gasteiger partial charge in [-0.3, -0.25) is 4.79 Å². The molecule has 0 aromatic carbocycles. The molecule has 0 saturated heterocycles. The Morgan fingerprint density at radius 3 is 2.69 bits per heavy atom. The molecule has 80 valence electrons. The average molecular weight is 218 g/mol. The first-order chi connectivity index (χ1) is 7.75. The number of pyridine rings is 1. The van der Waals surface area contributed by atoms with Crippen LogP contribution in [0.1, 0.15) is 10.4 Å². The van der Waals surface area contributed by atoms with Gasteiger partial charge in [-0.2, -0.15) is 4.39 Å². The van der Waals surface area contributed by atoms with E-state index in [1.54, 1.807) is 0 Å². The Balaban J connectivity index is 2.14. The van der Waals surface area contributed by atoms with Crippen LogP contribution in [0.3, 0.4) is 0 Å². The van der Waals surface area contributed by atoms with Crippen LogP contribution in [0.5, 0.6) is 0 Å². The Morgan fingerprint density at radius 2 is 2.00 bits per heavy atom. The number of amides is 1. The quantitative estimate of drug-likeness (QED) is 0.770. The molecule has 0 aliphatic heterocycles. The van der Waals surface area contributed by atoms with Crippen molar-refractivity contribution in [2.75, 3.05) is 5.32 Å². The largest absolute Gasteiger partial charge is 0.306 e. The van der Waals surface area contributed by atoms with Gasteiger partial charge in [-0.15, -0.1) is 0 Å². The molecule has 6 heteroatoms. The van der Waals surface area contributed by atoms with Crippen molar-refractivity contribution in [2.45, 2.75) is 0 Å². The summed E-state index contributed by atoms with van der Waals surface area (Å²) in [5.41, 5.74) is 0.286. The molecule has 2 heterocycles. The van der Waals surface area contributed by atoms with Gasteiger partial charge in [-0.1, -0.05) is 6.07 Å². The van der Waals surface area contributed by atoms with Crippen molar-refractivity contribution < 1.29 is 9.18 Å². The number of carbonyl (C=O) groups excluding carboxylic acids is 1. The zero-order valence-corrected chi connectivity index (χ0v) is 8.09. The zero-order valence-electron chi connectivity index (χ0n) is 8.09. The van der Waals surface area contributed by atoms with Crippen molar-refractivity contribution in [3.8, 4) is 0 Å². The first-order valence-electron chi connectivity index (χ1n) is 4.44. The van der Waals surface area contributed by atoms with E-state index in [9.17, 15) is 9.18 Å². The second kappa shape index (κ2) is 4.43. The van der Waals surface area contributed by atoms with E-state index in [0.717, 1.165) is 0 Å². The van der Waals surface area contributed by atoms with E-state index >= 15 is 0 Å². The fraction of sp³-hybridized carbons (Fsp3) is 0. The molecule has 2 aromatic rings. The van der Waals surface area contributed by atoms with Crippen LogP contribution in [-0.4, -0.2) is 20.9 Å². The van der Waals surface area contributed by atoms with Gasteiger partial charge in [0.05, 0.1) is 5.56 Å². The van der Waals surface area contributed by atoms with Crippen molar-refractivity contribution in [3.63, 3.8) is 0 Å². The lowest BCUT2D eigenvalue weighted by Crippen LogP contribution is -2.13. The number of aromatic nitrogens is 3. The van der Waals surface area contributed by atoms with Crippen LogP contribution < -0.4 is 5.32 Å². The van der Waals surface area contributed by atoms with Crippen molar-refractivity contribution >= 4 is 11.7 Å². The standard InChI is InChI=1S/C10H7FN4O/c11-8-2-1-3-9(14-8)15-10(16)7-4-12-6-13-5-7/h1-6H,(H,14,15,16). The van der Waals surface area contributed by atoms with Gasteiger partial charge >= 0.3 is 0 Å². The molecule has 0 bridgehead atoms. The molecule has 16 heavy (non-hydrogen) atoms. The number of rotatable bonds is 2. The average Bonchev–Trinajstić information content (AvgIpc) is 2.30. The maximum Gasteiger partial charge on any atom is 0.259 e. The fourth-order valence-corrected chi connectivity index (χ4v) is 1.08. The molecule has 0 atom stereocenters. The Hall–Kier alpha value is -2.37. The van der Waals surface area contributed by atoms with Crippen molar-refractivity contribution in [2.24, 2.45) is 0 Å². The molecule has 1 N–H and O–H groups in total. The molecule has 1 amide bonds. The summed E-state index contributed by atoms with van der Waals surface area (Å²) in [6.45, 7) is 0. The molecular weight excluding hydrogens is 211 g/mol. The van der Waals surface area contributed by atoms with Crippen LogP contribution in [0.15, 0.2) is 36.9 Å². The molecule has 0 fully saturated rings. The summed E-state index contributed by atoms with van der Waals surface area (Å²) < 4.78 is 12.7. The third kappa shape index (κ3) is 2.35. The highest BCUT2D eigenvalue weighted by molar-refractivity contribution is 6.03. The molecule has 0 aliphatic rings. The number of halogens is 1. The van der Waals surface area contributed by atoms with E-state index in [1.165, 1.54) is 36.9 Å². The highest BCUT2D eigenvalue weighted by Gasteiger charge is 2.07. The monoisotopic (exact) mass is 218 g/mol. The van der Waals surface area contributed by atoms with Gasteiger partial charge in [-0.05, 0) is 12.1 Å². The van der Waals surface area contributed by atoms with Crippen molar-refractivity contribution in [3.05, 3.63) is 48.4 Å². The van der Waals surface area contributed by atoms with Crippen molar-refractivity contribution in [1.82, 2.24) is 15.0 Å².